The van der Waals surface area contributed by atoms with E-state index in [1.807, 2.05) is 13.1 Å². The second kappa shape index (κ2) is 3.88. The summed E-state index contributed by atoms with van der Waals surface area (Å²) in [6.45, 7) is 2.43. The molecule has 1 aromatic rings. The minimum absolute atomic E-state index is 0.162. The van der Waals surface area contributed by atoms with Gasteiger partial charge in [0, 0.05) is 18.3 Å². The standard InChI is InChI=1S/C8H12N4/c1-2-8(4-10)12-6-7(3-9)5-11-12/h5-6,8H,2-3,9H2,1H3. The highest BCUT2D eigenvalue weighted by Crippen LogP contribution is 2.09. The third kappa shape index (κ3) is 1.63. The van der Waals surface area contributed by atoms with Crippen LogP contribution in [0.4, 0.5) is 0 Å². The number of aromatic nitrogens is 2. The van der Waals surface area contributed by atoms with Crippen molar-refractivity contribution in [2.24, 2.45) is 5.73 Å². The van der Waals surface area contributed by atoms with E-state index in [0.717, 1.165) is 12.0 Å². The zero-order chi connectivity index (χ0) is 8.97. The maximum absolute atomic E-state index is 8.72. The smallest absolute Gasteiger partial charge is 0.138 e. The van der Waals surface area contributed by atoms with Crippen molar-refractivity contribution in [2.75, 3.05) is 0 Å². The van der Waals surface area contributed by atoms with Crippen LogP contribution in [0.1, 0.15) is 24.9 Å². The van der Waals surface area contributed by atoms with Crippen LogP contribution in [-0.2, 0) is 6.54 Å². The number of nitriles is 1. The lowest BCUT2D eigenvalue weighted by Gasteiger charge is -2.04. The zero-order valence-electron chi connectivity index (χ0n) is 7.07. The molecule has 0 saturated carbocycles. The lowest BCUT2D eigenvalue weighted by atomic mass is 10.2. The Labute approximate surface area is 71.6 Å². The van der Waals surface area contributed by atoms with E-state index in [-0.39, 0.29) is 6.04 Å². The molecule has 1 aromatic heterocycles. The summed E-state index contributed by atoms with van der Waals surface area (Å²) < 4.78 is 1.65. The SMILES string of the molecule is CCC(C#N)n1cc(CN)cn1. The predicted octanol–water partition coefficient (Wildman–Crippen LogP) is 0.816. The Morgan fingerprint density at radius 2 is 2.58 bits per heavy atom. The lowest BCUT2D eigenvalue weighted by molar-refractivity contribution is 0.534. The summed E-state index contributed by atoms with van der Waals surface area (Å²) in [7, 11) is 0. The van der Waals surface area contributed by atoms with Crippen LogP contribution >= 0.6 is 0 Å². The fourth-order valence-corrected chi connectivity index (χ4v) is 0.991. The number of rotatable bonds is 3. The topological polar surface area (TPSA) is 67.6 Å². The molecule has 0 aromatic carbocycles. The van der Waals surface area contributed by atoms with Gasteiger partial charge in [-0.2, -0.15) is 10.4 Å². The summed E-state index contributed by atoms with van der Waals surface area (Å²) in [6, 6.07) is 2.00. The normalized spacial score (nSPS) is 12.4. The zero-order valence-corrected chi connectivity index (χ0v) is 7.07. The van der Waals surface area contributed by atoms with Crippen LogP contribution in [0.2, 0.25) is 0 Å². The van der Waals surface area contributed by atoms with Gasteiger partial charge in [0.15, 0.2) is 0 Å². The molecule has 0 radical (unpaired) electrons. The average Bonchev–Trinajstić information content (AvgIpc) is 2.55. The molecular weight excluding hydrogens is 152 g/mol. The van der Waals surface area contributed by atoms with Gasteiger partial charge in [-0.15, -0.1) is 0 Å². The van der Waals surface area contributed by atoms with E-state index >= 15 is 0 Å². The molecule has 4 nitrogen and oxygen atoms in total. The van der Waals surface area contributed by atoms with Crippen LogP contribution in [0.5, 0.6) is 0 Å². The molecule has 1 unspecified atom stereocenters. The van der Waals surface area contributed by atoms with E-state index in [1.54, 1.807) is 10.9 Å². The van der Waals surface area contributed by atoms with Crippen molar-refractivity contribution in [3.63, 3.8) is 0 Å². The Morgan fingerprint density at radius 1 is 1.83 bits per heavy atom. The van der Waals surface area contributed by atoms with Crippen LogP contribution in [0.25, 0.3) is 0 Å². The Bertz CT molecular complexity index is 283. The maximum atomic E-state index is 8.72. The molecule has 1 atom stereocenters. The first-order valence-electron chi connectivity index (χ1n) is 3.94. The largest absolute Gasteiger partial charge is 0.326 e. The molecule has 0 aliphatic carbocycles. The summed E-state index contributed by atoms with van der Waals surface area (Å²) in [6.07, 6.45) is 4.28. The van der Waals surface area contributed by atoms with Crippen LogP contribution in [0.15, 0.2) is 12.4 Å². The van der Waals surface area contributed by atoms with Crippen molar-refractivity contribution in [2.45, 2.75) is 25.9 Å². The van der Waals surface area contributed by atoms with Crippen molar-refractivity contribution >= 4 is 0 Å². The van der Waals surface area contributed by atoms with Crippen LogP contribution in [0.3, 0.4) is 0 Å². The van der Waals surface area contributed by atoms with Gasteiger partial charge in [-0.25, -0.2) is 0 Å². The molecule has 0 bridgehead atoms. The molecule has 0 amide bonds. The Balaban J connectivity index is 2.81. The Hall–Kier alpha value is -1.34. The van der Waals surface area contributed by atoms with Gasteiger partial charge >= 0.3 is 0 Å². The summed E-state index contributed by atoms with van der Waals surface area (Å²) in [5, 5.41) is 12.8. The van der Waals surface area contributed by atoms with E-state index in [0.29, 0.717) is 6.54 Å². The van der Waals surface area contributed by atoms with Gasteiger partial charge in [-0.1, -0.05) is 6.92 Å². The average molecular weight is 164 g/mol. The highest BCUT2D eigenvalue weighted by atomic mass is 15.3. The molecular formula is C8H12N4. The third-order valence-electron chi connectivity index (χ3n) is 1.75. The van der Waals surface area contributed by atoms with Crippen molar-refractivity contribution < 1.29 is 0 Å². The minimum Gasteiger partial charge on any atom is -0.326 e. The molecule has 0 saturated heterocycles. The molecule has 0 fully saturated rings. The van der Waals surface area contributed by atoms with E-state index in [2.05, 4.69) is 11.2 Å². The number of hydrogen-bond donors (Lipinski definition) is 1. The van der Waals surface area contributed by atoms with Gasteiger partial charge in [-0.05, 0) is 6.42 Å². The lowest BCUT2D eigenvalue weighted by Crippen LogP contribution is -2.05. The quantitative estimate of drug-likeness (QED) is 0.719. The fourth-order valence-electron chi connectivity index (χ4n) is 0.991. The predicted molar refractivity (Wildman–Crippen MR) is 45.1 cm³/mol. The first kappa shape index (κ1) is 8.75. The first-order valence-corrected chi connectivity index (χ1v) is 3.94. The van der Waals surface area contributed by atoms with Gasteiger partial charge in [0.1, 0.15) is 6.04 Å². The molecule has 1 rings (SSSR count). The molecule has 64 valence electrons. The second-order valence-electron chi connectivity index (χ2n) is 2.59. The van der Waals surface area contributed by atoms with Gasteiger partial charge in [0.2, 0.25) is 0 Å². The molecule has 4 heteroatoms. The van der Waals surface area contributed by atoms with E-state index in [1.165, 1.54) is 0 Å². The maximum Gasteiger partial charge on any atom is 0.138 e. The van der Waals surface area contributed by atoms with E-state index in [9.17, 15) is 0 Å². The summed E-state index contributed by atoms with van der Waals surface area (Å²) in [5.74, 6) is 0. The Kier molecular flexibility index (Phi) is 2.83. The first-order chi connectivity index (χ1) is 5.81. The van der Waals surface area contributed by atoms with E-state index < -0.39 is 0 Å². The fraction of sp³-hybridized carbons (Fsp3) is 0.500. The number of nitrogens with two attached hydrogens (primary N) is 1. The van der Waals surface area contributed by atoms with Crippen molar-refractivity contribution in [1.82, 2.24) is 9.78 Å². The molecule has 1 heterocycles. The molecule has 0 aliphatic rings. The highest BCUT2D eigenvalue weighted by molar-refractivity contribution is 5.05. The molecule has 12 heavy (non-hydrogen) atoms. The summed E-state index contributed by atoms with van der Waals surface area (Å²) in [5.41, 5.74) is 6.37. The molecule has 0 spiro atoms. The Morgan fingerprint density at radius 3 is 3.00 bits per heavy atom. The monoisotopic (exact) mass is 164 g/mol. The molecule has 0 aliphatic heterocycles. The third-order valence-corrected chi connectivity index (χ3v) is 1.75. The summed E-state index contributed by atoms with van der Waals surface area (Å²) in [4.78, 5) is 0. The summed E-state index contributed by atoms with van der Waals surface area (Å²) >= 11 is 0. The van der Waals surface area contributed by atoms with Crippen molar-refractivity contribution in [3.8, 4) is 6.07 Å². The van der Waals surface area contributed by atoms with Crippen molar-refractivity contribution in [3.05, 3.63) is 18.0 Å². The highest BCUT2D eigenvalue weighted by Gasteiger charge is 2.07. The minimum atomic E-state index is -0.162. The van der Waals surface area contributed by atoms with Gasteiger partial charge in [0.05, 0.1) is 12.3 Å². The second-order valence-corrected chi connectivity index (χ2v) is 2.59. The van der Waals surface area contributed by atoms with Crippen LogP contribution < -0.4 is 5.73 Å². The van der Waals surface area contributed by atoms with Crippen molar-refractivity contribution in [1.29, 1.82) is 5.26 Å². The molecule has 2 N–H and O–H groups in total. The van der Waals surface area contributed by atoms with Gasteiger partial charge in [0.25, 0.3) is 0 Å². The van der Waals surface area contributed by atoms with Crippen LogP contribution in [0, 0.1) is 11.3 Å². The van der Waals surface area contributed by atoms with E-state index in [4.69, 9.17) is 11.0 Å². The number of nitrogens with zero attached hydrogens (tertiary/aromatic N) is 3. The van der Waals surface area contributed by atoms with Gasteiger partial charge < -0.3 is 5.73 Å². The van der Waals surface area contributed by atoms with Gasteiger partial charge in [-0.3, -0.25) is 4.68 Å². The number of hydrogen-bond acceptors (Lipinski definition) is 3. The van der Waals surface area contributed by atoms with Crippen LogP contribution in [-0.4, -0.2) is 9.78 Å².